The van der Waals surface area contributed by atoms with Crippen molar-refractivity contribution in [3.8, 4) is 17.2 Å². The lowest BCUT2D eigenvalue weighted by molar-refractivity contribution is 0.0873. The lowest BCUT2D eigenvalue weighted by atomic mass is 9.79. The molecule has 5 heteroatoms. The van der Waals surface area contributed by atoms with Crippen molar-refractivity contribution in [2.45, 2.75) is 64.3 Å². The van der Waals surface area contributed by atoms with E-state index in [1.54, 1.807) is 12.1 Å². The van der Waals surface area contributed by atoms with Gasteiger partial charge in [0.05, 0.1) is 0 Å². The van der Waals surface area contributed by atoms with Crippen LogP contribution in [0.5, 0.6) is 17.2 Å². The summed E-state index contributed by atoms with van der Waals surface area (Å²) in [6.45, 7) is 9.23. The Balaban J connectivity index is 1.34. The maximum Gasteiger partial charge on any atom is 0.251 e. The molecule has 5 nitrogen and oxygen atoms in total. The topological polar surface area (TPSA) is 59.6 Å². The van der Waals surface area contributed by atoms with Crippen LogP contribution in [0.25, 0.3) is 0 Å². The molecule has 1 saturated heterocycles. The predicted molar refractivity (Wildman–Crippen MR) is 136 cm³/mol. The molecule has 0 bridgehead atoms. The quantitative estimate of drug-likeness (QED) is 0.449. The highest BCUT2D eigenvalue weighted by Gasteiger charge is 2.38. The van der Waals surface area contributed by atoms with Crippen LogP contribution in [0.4, 0.5) is 0 Å². The Morgan fingerprint density at radius 1 is 0.853 bits per heavy atom. The van der Waals surface area contributed by atoms with Gasteiger partial charge in [-0.25, -0.2) is 0 Å². The molecule has 2 N–H and O–H groups in total. The number of piperidine rings is 1. The Morgan fingerprint density at radius 2 is 1.50 bits per heavy atom. The first-order valence-corrected chi connectivity index (χ1v) is 11.8. The van der Waals surface area contributed by atoms with E-state index in [4.69, 9.17) is 9.47 Å². The first-order chi connectivity index (χ1) is 16.2. The number of hydrogen-bond donors (Lipinski definition) is 2. The van der Waals surface area contributed by atoms with Crippen molar-refractivity contribution < 1.29 is 14.3 Å². The van der Waals surface area contributed by atoms with Gasteiger partial charge in [0.2, 0.25) is 0 Å². The van der Waals surface area contributed by atoms with E-state index in [-0.39, 0.29) is 23.0 Å². The molecule has 0 aliphatic carbocycles. The number of nitrogens with one attached hydrogen (secondary N) is 2. The zero-order valence-corrected chi connectivity index (χ0v) is 20.4. The molecule has 1 amide bonds. The zero-order valence-electron chi connectivity index (χ0n) is 20.4. The molecule has 1 fully saturated rings. The highest BCUT2D eigenvalue weighted by atomic mass is 16.5. The zero-order chi connectivity index (χ0) is 24.2. The van der Waals surface area contributed by atoms with Crippen molar-refractivity contribution in [3.05, 3.63) is 90.0 Å². The number of carbonyl (C=O) groups excluding carboxylic acids is 1. The fourth-order valence-electron chi connectivity index (χ4n) is 4.87. The second-order valence-corrected chi connectivity index (χ2v) is 10.3. The normalized spacial score (nSPS) is 17.1. The molecule has 0 radical (unpaired) electrons. The second kappa shape index (κ2) is 9.90. The monoisotopic (exact) mass is 458 g/mol. The average Bonchev–Trinajstić information content (AvgIpc) is 2.77. The number of amides is 1. The van der Waals surface area contributed by atoms with Crippen LogP contribution in [0, 0.1) is 0 Å². The maximum atomic E-state index is 12.8. The van der Waals surface area contributed by atoms with Gasteiger partial charge in [-0.05, 0) is 82.5 Å². The third-order valence-corrected chi connectivity index (χ3v) is 5.93. The van der Waals surface area contributed by atoms with Gasteiger partial charge in [-0.15, -0.1) is 0 Å². The molecule has 178 valence electrons. The Morgan fingerprint density at radius 3 is 2.18 bits per heavy atom. The highest BCUT2D eigenvalue weighted by Crippen LogP contribution is 2.29. The van der Waals surface area contributed by atoms with Gasteiger partial charge in [-0.2, -0.15) is 0 Å². The van der Waals surface area contributed by atoms with E-state index in [0.717, 1.165) is 24.2 Å². The maximum absolute atomic E-state index is 12.8. The number of hydrogen-bond acceptors (Lipinski definition) is 4. The van der Waals surface area contributed by atoms with Gasteiger partial charge in [-0.1, -0.05) is 36.4 Å². The predicted octanol–water partition coefficient (Wildman–Crippen LogP) is 6.10. The molecule has 1 aliphatic heterocycles. The number of ether oxygens (including phenoxy) is 2. The summed E-state index contributed by atoms with van der Waals surface area (Å²) in [7, 11) is 0. The molecule has 0 atom stereocenters. The molecule has 34 heavy (non-hydrogen) atoms. The van der Waals surface area contributed by atoms with Gasteiger partial charge in [0.15, 0.2) is 0 Å². The molecule has 0 unspecified atom stereocenters. The first kappa shape index (κ1) is 23.8. The number of carbonyl (C=O) groups is 1. The fourth-order valence-corrected chi connectivity index (χ4v) is 4.87. The molecule has 4 rings (SSSR count). The average molecular weight is 459 g/mol. The van der Waals surface area contributed by atoms with Crippen LogP contribution < -0.4 is 20.1 Å². The Hall–Kier alpha value is -3.31. The molecule has 1 aliphatic rings. The van der Waals surface area contributed by atoms with Crippen molar-refractivity contribution in [2.75, 3.05) is 0 Å². The van der Waals surface area contributed by atoms with Gasteiger partial charge in [-0.3, -0.25) is 4.79 Å². The van der Waals surface area contributed by atoms with Gasteiger partial charge >= 0.3 is 0 Å². The lowest BCUT2D eigenvalue weighted by Gasteiger charge is -2.46. The summed E-state index contributed by atoms with van der Waals surface area (Å²) in [6, 6.07) is 25.0. The molecule has 0 spiro atoms. The van der Waals surface area contributed by atoms with Gasteiger partial charge in [0, 0.05) is 28.7 Å². The van der Waals surface area contributed by atoms with Crippen LogP contribution in [0.2, 0.25) is 0 Å². The third kappa shape index (κ3) is 6.61. The molecule has 3 aromatic carbocycles. The minimum absolute atomic E-state index is 0.0171. The van der Waals surface area contributed by atoms with E-state index in [9.17, 15) is 4.79 Å². The molecule has 0 aromatic heterocycles. The van der Waals surface area contributed by atoms with Gasteiger partial charge < -0.3 is 20.1 Å². The van der Waals surface area contributed by atoms with Crippen molar-refractivity contribution in [1.29, 1.82) is 0 Å². The lowest BCUT2D eigenvalue weighted by Crippen LogP contribution is -2.62. The molecular formula is C29H34N2O3. The van der Waals surface area contributed by atoms with Crippen molar-refractivity contribution in [2.24, 2.45) is 0 Å². The highest BCUT2D eigenvalue weighted by molar-refractivity contribution is 5.94. The smallest absolute Gasteiger partial charge is 0.251 e. The summed E-state index contributed by atoms with van der Waals surface area (Å²) in [6.07, 6.45) is 1.79. The molecule has 3 aromatic rings. The summed E-state index contributed by atoms with van der Waals surface area (Å²) in [5.41, 5.74) is 1.70. The summed E-state index contributed by atoms with van der Waals surface area (Å²) in [5, 5.41) is 6.86. The van der Waals surface area contributed by atoms with Crippen LogP contribution in [-0.4, -0.2) is 23.0 Å². The van der Waals surface area contributed by atoms with Crippen molar-refractivity contribution >= 4 is 5.91 Å². The molecular weight excluding hydrogens is 424 g/mol. The standard InChI is InChI=1S/C29H34N2O3/c1-28(2)18-23(19-29(3,4)31-28)30-27(32)22-13-15-24(16-14-22)34-26-12-8-11-25(17-26)33-20-21-9-6-5-7-10-21/h5-17,23,31H,18-20H2,1-4H3,(H,30,32). The van der Waals surface area contributed by atoms with E-state index in [1.807, 2.05) is 66.7 Å². The van der Waals surface area contributed by atoms with E-state index in [1.165, 1.54) is 0 Å². The van der Waals surface area contributed by atoms with Gasteiger partial charge in [0.1, 0.15) is 23.9 Å². The Labute approximate surface area is 202 Å². The minimum atomic E-state index is -0.0543. The van der Waals surface area contributed by atoms with Gasteiger partial charge in [0.25, 0.3) is 5.91 Å². The van der Waals surface area contributed by atoms with E-state index in [0.29, 0.717) is 23.7 Å². The van der Waals surface area contributed by atoms with E-state index in [2.05, 4.69) is 38.3 Å². The second-order valence-electron chi connectivity index (χ2n) is 10.3. The van der Waals surface area contributed by atoms with Crippen LogP contribution >= 0.6 is 0 Å². The summed E-state index contributed by atoms with van der Waals surface area (Å²) in [5.74, 6) is 2.04. The Bertz CT molecular complexity index is 1090. The van der Waals surface area contributed by atoms with Crippen LogP contribution in [0.1, 0.15) is 56.5 Å². The van der Waals surface area contributed by atoms with Crippen LogP contribution in [-0.2, 0) is 6.61 Å². The minimum Gasteiger partial charge on any atom is -0.489 e. The first-order valence-electron chi connectivity index (χ1n) is 11.8. The summed E-state index contributed by atoms with van der Waals surface area (Å²) in [4.78, 5) is 12.8. The number of benzene rings is 3. The Kier molecular flexibility index (Phi) is 6.94. The summed E-state index contributed by atoms with van der Waals surface area (Å²) < 4.78 is 11.9. The molecule has 0 saturated carbocycles. The third-order valence-electron chi connectivity index (χ3n) is 5.93. The van der Waals surface area contributed by atoms with Crippen LogP contribution in [0.3, 0.4) is 0 Å². The van der Waals surface area contributed by atoms with E-state index >= 15 is 0 Å². The van der Waals surface area contributed by atoms with Crippen molar-refractivity contribution in [3.63, 3.8) is 0 Å². The van der Waals surface area contributed by atoms with Crippen molar-refractivity contribution in [1.82, 2.24) is 10.6 Å². The largest absolute Gasteiger partial charge is 0.489 e. The summed E-state index contributed by atoms with van der Waals surface area (Å²) >= 11 is 0. The van der Waals surface area contributed by atoms with Crippen LogP contribution in [0.15, 0.2) is 78.9 Å². The van der Waals surface area contributed by atoms with E-state index < -0.39 is 0 Å². The molecule has 1 heterocycles. The SMILES string of the molecule is CC1(C)CC(NC(=O)c2ccc(Oc3cccc(OCc4ccccc4)c3)cc2)CC(C)(C)N1. The fraction of sp³-hybridized carbons (Fsp3) is 0.345. The number of rotatable bonds is 7.